The molecule has 0 unspecified atom stereocenters. The average molecular weight is 493 g/mol. The Bertz CT molecular complexity index is 1230. The monoisotopic (exact) mass is 492 g/mol. The van der Waals surface area contributed by atoms with Crippen molar-refractivity contribution in [3.63, 3.8) is 0 Å². The number of rotatable bonds is 9. The highest BCUT2D eigenvalue weighted by Crippen LogP contribution is 2.29. The van der Waals surface area contributed by atoms with E-state index in [1.54, 1.807) is 12.1 Å². The normalized spacial score (nSPS) is 11.7. The van der Waals surface area contributed by atoms with Crippen molar-refractivity contribution in [2.45, 2.75) is 31.1 Å². The van der Waals surface area contributed by atoms with Crippen LogP contribution in [-0.4, -0.2) is 49.5 Å². The summed E-state index contributed by atoms with van der Waals surface area (Å²) in [5.41, 5.74) is 1.47. The Morgan fingerprint density at radius 1 is 1.21 bits per heavy atom. The molecule has 0 atom stereocenters. The number of carbonyl (C=O) groups is 1. The first-order chi connectivity index (χ1) is 15.6. The summed E-state index contributed by atoms with van der Waals surface area (Å²) < 4.78 is 37.1. The minimum absolute atomic E-state index is 0.112. The molecule has 1 aromatic heterocycles. The lowest BCUT2D eigenvalue weighted by molar-refractivity contribution is -0.116. The van der Waals surface area contributed by atoms with E-state index in [1.807, 2.05) is 26.0 Å². The average Bonchev–Trinajstić information content (AvgIpc) is 3.24. The molecule has 3 rings (SSSR count). The van der Waals surface area contributed by atoms with Crippen molar-refractivity contribution >= 4 is 33.2 Å². The minimum atomic E-state index is -4.00. The topological polar surface area (TPSA) is 115 Å². The molecule has 0 spiro atoms. The van der Waals surface area contributed by atoms with Crippen LogP contribution in [0.15, 0.2) is 51.9 Å². The van der Waals surface area contributed by atoms with Crippen LogP contribution in [0.5, 0.6) is 5.75 Å². The fourth-order valence-electron chi connectivity index (χ4n) is 2.97. The fraction of sp³-hybridized carbons (Fsp3) is 0.318. The number of anilines is 1. The second kappa shape index (κ2) is 10.3. The quantitative estimate of drug-likeness (QED) is 0.484. The van der Waals surface area contributed by atoms with E-state index in [-0.39, 0.29) is 28.1 Å². The maximum atomic E-state index is 12.9. The maximum Gasteiger partial charge on any atom is 0.247 e. The molecule has 1 N–H and O–H groups in total. The highest BCUT2D eigenvalue weighted by atomic mass is 35.5. The first-order valence-electron chi connectivity index (χ1n) is 10.1. The van der Waals surface area contributed by atoms with Crippen LogP contribution >= 0.6 is 11.6 Å². The lowest BCUT2D eigenvalue weighted by Crippen LogP contribution is -2.35. The summed E-state index contributed by atoms with van der Waals surface area (Å²) >= 11 is 5.95. The highest BCUT2D eigenvalue weighted by Gasteiger charge is 2.27. The zero-order chi connectivity index (χ0) is 24.2. The van der Waals surface area contributed by atoms with Gasteiger partial charge in [0.2, 0.25) is 21.8 Å². The van der Waals surface area contributed by atoms with E-state index in [2.05, 4.69) is 15.5 Å². The summed E-state index contributed by atoms with van der Waals surface area (Å²) in [5, 5.41) is 6.90. The fourth-order valence-corrected chi connectivity index (χ4v) is 4.51. The number of aromatic nitrogens is 2. The molecule has 0 bridgehead atoms. The number of benzene rings is 2. The molecular formula is C22H25ClN4O5S. The second-order valence-electron chi connectivity index (χ2n) is 7.68. The molecule has 9 nitrogen and oxygen atoms in total. The van der Waals surface area contributed by atoms with Crippen LogP contribution in [0.2, 0.25) is 5.02 Å². The molecule has 0 fully saturated rings. The van der Waals surface area contributed by atoms with E-state index in [9.17, 15) is 13.2 Å². The number of sulfonamides is 1. The van der Waals surface area contributed by atoms with E-state index < -0.39 is 15.9 Å². The van der Waals surface area contributed by atoms with E-state index in [0.29, 0.717) is 23.8 Å². The first kappa shape index (κ1) is 24.7. The predicted octanol–water partition coefficient (Wildman–Crippen LogP) is 3.71. The van der Waals surface area contributed by atoms with Crippen molar-refractivity contribution in [2.24, 2.45) is 0 Å². The van der Waals surface area contributed by atoms with E-state index >= 15 is 0 Å². The summed E-state index contributed by atoms with van der Waals surface area (Å²) in [4.78, 5) is 16.7. The van der Waals surface area contributed by atoms with E-state index in [0.717, 1.165) is 9.87 Å². The number of amides is 1. The minimum Gasteiger partial charge on any atom is -0.495 e. The van der Waals surface area contributed by atoms with Crippen LogP contribution in [0.1, 0.15) is 37.0 Å². The van der Waals surface area contributed by atoms with Crippen LogP contribution in [0.4, 0.5) is 5.69 Å². The summed E-state index contributed by atoms with van der Waals surface area (Å²) in [7, 11) is -1.32. The van der Waals surface area contributed by atoms with Crippen molar-refractivity contribution in [1.82, 2.24) is 14.4 Å². The zero-order valence-electron chi connectivity index (χ0n) is 18.7. The third kappa shape index (κ3) is 6.10. The molecule has 1 amide bonds. The Kier molecular flexibility index (Phi) is 7.72. The molecule has 0 aliphatic rings. The lowest BCUT2D eigenvalue weighted by Gasteiger charge is -2.18. The van der Waals surface area contributed by atoms with Gasteiger partial charge in [0.1, 0.15) is 10.6 Å². The number of hydrogen-bond acceptors (Lipinski definition) is 7. The molecule has 33 heavy (non-hydrogen) atoms. The van der Waals surface area contributed by atoms with Gasteiger partial charge in [-0.3, -0.25) is 4.79 Å². The second-order valence-corrected chi connectivity index (χ2v) is 10.1. The van der Waals surface area contributed by atoms with Crippen LogP contribution in [0, 0.1) is 0 Å². The Morgan fingerprint density at radius 3 is 2.52 bits per heavy atom. The SMILES string of the molecule is COc1ccc(Cl)cc1S(=O)(=O)N(C)CC(=O)Nc1ccc(Cc2noc(C(C)C)n2)cc1. The summed E-state index contributed by atoms with van der Waals surface area (Å²) in [6.07, 6.45) is 0.493. The summed E-state index contributed by atoms with van der Waals surface area (Å²) in [6.45, 7) is 3.56. The van der Waals surface area contributed by atoms with Crippen molar-refractivity contribution < 1.29 is 22.5 Å². The smallest absolute Gasteiger partial charge is 0.247 e. The van der Waals surface area contributed by atoms with Gasteiger partial charge in [0.15, 0.2) is 5.82 Å². The Balaban J connectivity index is 1.62. The van der Waals surface area contributed by atoms with E-state index in [1.165, 1.54) is 32.4 Å². The Morgan fingerprint density at radius 2 is 1.91 bits per heavy atom. The van der Waals surface area contributed by atoms with Gasteiger partial charge >= 0.3 is 0 Å². The van der Waals surface area contributed by atoms with Crippen LogP contribution in [0.3, 0.4) is 0 Å². The molecule has 0 saturated heterocycles. The van der Waals surface area contributed by atoms with Gasteiger partial charge in [-0.25, -0.2) is 8.42 Å². The zero-order valence-corrected chi connectivity index (χ0v) is 20.3. The molecular weight excluding hydrogens is 468 g/mol. The summed E-state index contributed by atoms with van der Waals surface area (Å²) in [5.74, 6) is 0.979. The van der Waals surface area contributed by atoms with Gasteiger partial charge in [-0.1, -0.05) is 42.7 Å². The molecule has 0 radical (unpaired) electrons. The van der Waals surface area contributed by atoms with Crippen molar-refractivity contribution in [2.75, 3.05) is 26.0 Å². The van der Waals surface area contributed by atoms with Gasteiger partial charge in [0.25, 0.3) is 0 Å². The highest BCUT2D eigenvalue weighted by molar-refractivity contribution is 7.89. The number of ether oxygens (including phenoxy) is 1. The number of hydrogen-bond donors (Lipinski definition) is 1. The van der Waals surface area contributed by atoms with E-state index in [4.69, 9.17) is 20.9 Å². The van der Waals surface area contributed by atoms with Gasteiger partial charge < -0.3 is 14.6 Å². The van der Waals surface area contributed by atoms with Crippen LogP contribution < -0.4 is 10.1 Å². The van der Waals surface area contributed by atoms with Gasteiger partial charge in [-0.15, -0.1) is 0 Å². The lowest BCUT2D eigenvalue weighted by atomic mass is 10.1. The molecule has 3 aromatic rings. The largest absolute Gasteiger partial charge is 0.495 e. The van der Waals surface area contributed by atoms with Gasteiger partial charge in [0.05, 0.1) is 13.7 Å². The number of halogens is 1. The predicted molar refractivity (Wildman–Crippen MR) is 124 cm³/mol. The third-order valence-electron chi connectivity index (χ3n) is 4.76. The molecule has 0 saturated carbocycles. The molecule has 11 heteroatoms. The van der Waals surface area contributed by atoms with Crippen molar-refractivity contribution in [3.8, 4) is 5.75 Å². The molecule has 1 heterocycles. The Hall–Kier alpha value is -2.95. The Labute approximate surface area is 197 Å². The standard InChI is InChI=1S/C22H25ClN4O5S/c1-14(2)22-25-20(26-32-22)11-15-5-8-17(9-6-15)24-21(28)13-27(3)33(29,30)19-12-16(23)7-10-18(19)31-4/h5-10,12,14H,11,13H2,1-4H3,(H,24,28). The molecule has 0 aliphatic carbocycles. The third-order valence-corrected chi connectivity index (χ3v) is 6.82. The first-order valence-corrected chi connectivity index (χ1v) is 11.9. The van der Waals surface area contributed by atoms with Crippen LogP contribution in [-0.2, 0) is 21.2 Å². The van der Waals surface area contributed by atoms with Gasteiger partial charge in [-0.05, 0) is 35.9 Å². The van der Waals surface area contributed by atoms with Crippen molar-refractivity contribution in [1.29, 1.82) is 0 Å². The maximum absolute atomic E-state index is 12.9. The van der Waals surface area contributed by atoms with Crippen molar-refractivity contribution in [3.05, 3.63) is 64.8 Å². The number of likely N-dealkylation sites (N-methyl/N-ethyl adjacent to an activating group) is 1. The van der Waals surface area contributed by atoms with Gasteiger partial charge in [-0.2, -0.15) is 9.29 Å². The number of nitrogens with one attached hydrogen (secondary N) is 1. The molecule has 2 aromatic carbocycles. The number of carbonyl (C=O) groups excluding carboxylic acids is 1. The molecule has 176 valence electrons. The number of methoxy groups -OCH3 is 1. The van der Waals surface area contributed by atoms with Crippen LogP contribution in [0.25, 0.3) is 0 Å². The summed E-state index contributed by atoms with van der Waals surface area (Å²) in [6, 6.07) is 11.4. The van der Waals surface area contributed by atoms with Gasteiger partial charge in [0, 0.05) is 30.1 Å². The number of nitrogens with zero attached hydrogens (tertiary/aromatic N) is 3. The molecule has 0 aliphatic heterocycles.